The van der Waals surface area contributed by atoms with Crippen LogP contribution in [0.1, 0.15) is 50.8 Å². The number of fused-ring (bicyclic) bond motifs is 2. The Labute approximate surface area is 213 Å². The number of carbonyl (C=O) groups is 1. The highest BCUT2D eigenvalue weighted by Gasteiger charge is 2.29. The number of hydrogen-bond acceptors (Lipinski definition) is 7. The lowest BCUT2D eigenvalue weighted by Crippen LogP contribution is -2.41. The van der Waals surface area contributed by atoms with Gasteiger partial charge in [-0.05, 0) is 52.8 Å². The third kappa shape index (κ3) is 4.60. The number of aromatic nitrogens is 6. The maximum absolute atomic E-state index is 12.6. The predicted molar refractivity (Wildman–Crippen MR) is 134 cm³/mol. The SMILES string of the molecule is Cc1c(-c2cc(OC(C)c3cccnn3)c3c(Cl)cnn3c2)nn2c1CN(C(=O)OC(C)(C)C)CC2. The van der Waals surface area contributed by atoms with Crippen LogP contribution >= 0.6 is 11.6 Å². The lowest BCUT2D eigenvalue weighted by Gasteiger charge is -2.30. The molecule has 1 unspecified atom stereocenters. The van der Waals surface area contributed by atoms with Gasteiger partial charge >= 0.3 is 6.09 Å². The first-order valence-corrected chi connectivity index (χ1v) is 12.1. The maximum Gasteiger partial charge on any atom is 0.410 e. The molecule has 0 saturated carbocycles. The molecule has 0 radical (unpaired) electrons. The molecule has 0 bridgehead atoms. The number of halogens is 1. The Kier molecular flexibility index (Phi) is 6.07. The van der Waals surface area contributed by atoms with Crippen molar-refractivity contribution < 1.29 is 14.3 Å². The van der Waals surface area contributed by atoms with Crippen molar-refractivity contribution in [1.82, 2.24) is 34.5 Å². The average Bonchev–Trinajstić information content (AvgIpc) is 3.38. The molecule has 0 N–H and O–H groups in total. The Balaban J connectivity index is 1.49. The van der Waals surface area contributed by atoms with Gasteiger partial charge in [-0.25, -0.2) is 9.31 Å². The molecule has 0 spiro atoms. The highest BCUT2D eigenvalue weighted by Crippen LogP contribution is 2.36. The first kappa shape index (κ1) is 24.1. The molecule has 0 aromatic carbocycles. The molecular formula is C25H28ClN7O3. The fourth-order valence-electron chi connectivity index (χ4n) is 4.25. The Morgan fingerprint density at radius 1 is 1.25 bits per heavy atom. The molecule has 0 fully saturated rings. The minimum Gasteiger partial charge on any atom is -0.482 e. The zero-order chi connectivity index (χ0) is 25.6. The van der Waals surface area contributed by atoms with Gasteiger partial charge in [0.05, 0.1) is 35.7 Å². The zero-order valence-electron chi connectivity index (χ0n) is 20.9. The minimum absolute atomic E-state index is 0.322. The fourth-order valence-corrected chi connectivity index (χ4v) is 4.48. The average molecular weight is 510 g/mol. The molecule has 0 saturated heterocycles. The highest BCUT2D eigenvalue weighted by molar-refractivity contribution is 6.34. The Morgan fingerprint density at radius 2 is 2.06 bits per heavy atom. The van der Waals surface area contributed by atoms with E-state index in [0.717, 1.165) is 22.5 Å². The second-order valence-electron chi connectivity index (χ2n) is 9.83. The summed E-state index contributed by atoms with van der Waals surface area (Å²) in [6, 6.07) is 5.60. The van der Waals surface area contributed by atoms with Gasteiger partial charge in [0, 0.05) is 30.1 Å². The third-order valence-electron chi connectivity index (χ3n) is 6.01. The fraction of sp³-hybridized carbons (Fsp3) is 0.400. The summed E-state index contributed by atoms with van der Waals surface area (Å²) in [6.07, 6.45) is 4.41. The smallest absolute Gasteiger partial charge is 0.410 e. The van der Waals surface area contributed by atoms with Crippen LogP contribution in [-0.4, -0.2) is 52.7 Å². The normalized spacial score (nSPS) is 14.6. The van der Waals surface area contributed by atoms with E-state index in [9.17, 15) is 4.79 Å². The van der Waals surface area contributed by atoms with Crippen molar-refractivity contribution in [2.45, 2.75) is 59.4 Å². The molecule has 0 aliphatic carbocycles. The van der Waals surface area contributed by atoms with Gasteiger partial charge in [-0.2, -0.15) is 20.4 Å². The van der Waals surface area contributed by atoms with Gasteiger partial charge in [-0.3, -0.25) is 4.68 Å². The van der Waals surface area contributed by atoms with Crippen LogP contribution in [0.5, 0.6) is 5.75 Å². The third-order valence-corrected chi connectivity index (χ3v) is 6.29. The van der Waals surface area contributed by atoms with Gasteiger partial charge in [0.15, 0.2) is 0 Å². The van der Waals surface area contributed by atoms with E-state index in [1.807, 2.05) is 63.7 Å². The molecule has 1 amide bonds. The summed E-state index contributed by atoms with van der Waals surface area (Å²) in [5.41, 5.74) is 4.38. The van der Waals surface area contributed by atoms with Crippen LogP contribution < -0.4 is 4.74 Å². The summed E-state index contributed by atoms with van der Waals surface area (Å²) < 4.78 is 15.5. The van der Waals surface area contributed by atoms with Crippen LogP contribution in [0.4, 0.5) is 4.79 Å². The van der Waals surface area contributed by atoms with E-state index >= 15 is 0 Å². The molecule has 5 rings (SSSR count). The molecule has 1 aliphatic rings. The number of nitrogens with zero attached hydrogens (tertiary/aromatic N) is 7. The van der Waals surface area contributed by atoms with Crippen LogP contribution in [-0.2, 0) is 17.8 Å². The van der Waals surface area contributed by atoms with E-state index in [1.165, 1.54) is 0 Å². The minimum atomic E-state index is -0.547. The first-order chi connectivity index (χ1) is 17.1. The molecule has 11 heteroatoms. The summed E-state index contributed by atoms with van der Waals surface area (Å²) in [5, 5.41) is 17.9. The lowest BCUT2D eigenvalue weighted by atomic mass is 10.1. The Hall–Kier alpha value is -3.66. The maximum atomic E-state index is 12.6. The lowest BCUT2D eigenvalue weighted by molar-refractivity contribution is 0.0194. The van der Waals surface area contributed by atoms with Crippen LogP contribution in [0.3, 0.4) is 0 Å². The van der Waals surface area contributed by atoms with Crippen molar-refractivity contribution in [3.63, 3.8) is 0 Å². The van der Waals surface area contributed by atoms with Crippen molar-refractivity contribution in [2.24, 2.45) is 0 Å². The van der Waals surface area contributed by atoms with Gasteiger partial charge in [0.1, 0.15) is 28.7 Å². The number of carbonyl (C=O) groups excluding carboxylic acids is 1. The van der Waals surface area contributed by atoms with Crippen LogP contribution in [0.15, 0.2) is 36.8 Å². The van der Waals surface area contributed by atoms with Crippen molar-refractivity contribution in [3.8, 4) is 17.0 Å². The number of pyridine rings is 1. The Bertz CT molecular complexity index is 1430. The van der Waals surface area contributed by atoms with Crippen molar-refractivity contribution >= 4 is 23.2 Å². The number of rotatable bonds is 4. The molecule has 188 valence electrons. The number of amides is 1. The summed E-state index contributed by atoms with van der Waals surface area (Å²) in [6.45, 7) is 11.1. The number of ether oxygens (including phenoxy) is 2. The van der Waals surface area contributed by atoms with Crippen molar-refractivity contribution in [3.05, 3.63) is 58.8 Å². The standard InChI is InChI=1S/C25H28ClN7O3/c1-15-20-14-31(24(34)36-25(3,4)5)9-10-32(20)30-22(15)17-11-21(23-18(26)12-28-33(23)13-17)35-16(2)19-7-6-8-27-29-19/h6-8,11-13,16H,9-10,14H2,1-5H3. The molecule has 10 nitrogen and oxygen atoms in total. The van der Waals surface area contributed by atoms with E-state index in [1.54, 1.807) is 21.8 Å². The van der Waals surface area contributed by atoms with Crippen molar-refractivity contribution in [1.29, 1.82) is 0 Å². The van der Waals surface area contributed by atoms with Crippen molar-refractivity contribution in [2.75, 3.05) is 6.54 Å². The molecule has 4 aromatic heterocycles. The van der Waals surface area contributed by atoms with Gasteiger partial charge < -0.3 is 14.4 Å². The summed E-state index contributed by atoms with van der Waals surface area (Å²) in [7, 11) is 0. The monoisotopic (exact) mass is 509 g/mol. The zero-order valence-corrected chi connectivity index (χ0v) is 21.7. The van der Waals surface area contributed by atoms with Gasteiger partial charge in [0.25, 0.3) is 0 Å². The highest BCUT2D eigenvalue weighted by atomic mass is 35.5. The quantitative estimate of drug-likeness (QED) is 0.388. The molecule has 5 heterocycles. The van der Waals surface area contributed by atoms with Gasteiger partial charge in [0.2, 0.25) is 0 Å². The second kappa shape index (κ2) is 9.09. The number of hydrogen-bond donors (Lipinski definition) is 0. The van der Waals surface area contributed by atoms with Gasteiger partial charge in [-0.1, -0.05) is 11.6 Å². The summed E-state index contributed by atoms with van der Waals surface area (Å²) in [5.74, 6) is 0.564. The second-order valence-corrected chi connectivity index (χ2v) is 10.2. The topological polar surface area (TPSA) is 99.7 Å². The van der Waals surface area contributed by atoms with E-state index in [2.05, 4.69) is 15.3 Å². The molecule has 1 aliphatic heterocycles. The van der Waals surface area contributed by atoms with Gasteiger partial charge in [-0.15, -0.1) is 0 Å². The predicted octanol–water partition coefficient (Wildman–Crippen LogP) is 4.84. The largest absolute Gasteiger partial charge is 0.482 e. The summed E-state index contributed by atoms with van der Waals surface area (Å²) >= 11 is 6.45. The molecule has 1 atom stereocenters. The Morgan fingerprint density at radius 3 is 2.78 bits per heavy atom. The first-order valence-electron chi connectivity index (χ1n) is 11.8. The molecular weight excluding hydrogens is 482 g/mol. The molecule has 4 aromatic rings. The van der Waals surface area contributed by atoms with E-state index < -0.39 is 5.60 Å². The molecule has 36 heavy (non-hydrogen) atoms. The van der Waals surface area contributed by atoms with Crippen LogP contribution in [0.2, 0.25) is 5.02 Å². The summed E-state index contributed by atoms with van der Waals surface area (Å²) in [4.78, 5) is 14.4. The van der Waals surface area contributed by atoms with Crippen LogP contribution in [0.25, 0.3) is 16.8 Å². The van der Waals surface area contributed by atoms with Crippen LogP contribution in [0, 0.1) is 6.92 Å². The van der Waals surface area contributed by atoms with E-state index in [0.29, 0.717) is 41.6 Å². The van der Waals surface area contributed by atoms with E-state index in [4.69, 9.17) is 26.2 Å². The van der Waals surface area contributed by atoms with E-state index in [-0.39, 0.29) is 12.2 Å².